The molecule has 1 aromatic heterocycles. The molecule has 0 spiro atoms. The number of nitrogens with two attached hydrogens (primary N) is 1. The number of aromatic nitrogens is 1. The van der Waals surface area contributed by atoms with E-state index < -0.39 is 0 Å². The van der Waals surface area contributed by atoms with E-state index in [9.17, 15) is 4.79 Å². The number of ether oxygens (including phenoxy) is 1. The van der Waals surface area contributed by atoms with E-state index in [0.29, 0.717) is 25.4 Å². The Kier molecular flexibility index (Phi) is 6.58. The van der Waals surface area contributed by atoms with Crippen LogP contribution in [0.15, 0.2) is 18.3 Å². The molecule has 1 aromatic rings. The summed E-state index contributed by atoms with van der Waals surface area (Å²) >= 11 is 0. The highest BCUT2D eigenvalue weighted by Gasteiger charge is 2.05. The fourth-order valence-corrected chi connectivity index (χ4v) is 1.30. The largest absolute Gasteiger partial charge is 0.377 e. The summed E-state index contributed by atoms with van der Waals surface area (Å²) in [5.41, 5.74) is 6.38. The van der Waals surface area contributed by atoms with Crippen LogP contribution in [0.1, 0.15) is 29.9 Å². The highest BCUT2D eigenvalue weighted by molar-refractivity contribution is 5.92. The average molecular weight is 261 g/mol. The monoisotopic (exact) mass is 261 g/mol. The molecule has 3 N–H and O–H groups in total. The van der Waals surface area contributed by atoms with Gasteiger partial charge in [0, 0.05) is 18.3 Å². The molecule has 19 heavy (non-hydrogen) atoms. The van der Waals surface area contributed by atoms with Gasteiger partial charge in [-0.05, 0) is 26.0 Å². The third-order valence-electron chi connectivity index (χ3n) is 2.17. The van der Waals surface area contributed by atoms with Gasteiger partial charge in [-0.1, -0.05) is 11.8 Å². The molecule has 5 nitrogen and oxygen atoms in total. The Morgan fingerprint density at radius 3 is 2.89 bits per heavy atom. The fourth-order valence-electron chi connectivity index (χ4n) is 1.30. The van der Waals surface area contributed by atoms with Crippen LogP contribution in [0.5, 0.6) is 0 Å². The zero-order valence-corrected chi connectivity index (χ0v) is 11.3. The van der Waals surface area contributed by atoms with Crippen LogP contribution in [-0.2, 0) is 4.74 Å². The number of hydrogen-bond acceptors (Lipinski definition) is 4. The maximum Gasteiger partial charge on any atom is 0.269 e. The van der Waals surface area contributed by atoms with Crippen LogP contribution in [0.4, 0.5) is 0 Å². The van der Waals surface area contributed by atoms with Gasteiger partial charge in [0.25, 0.3) is 5.91 Å². The summed E-state index contributed by atoms with van der Waals surface area (Å²) in [6.45, 7) is 5.16. The van der Waals surface area contributed by atoms with E-state index in [-0.39, 0.29) is 12.0 Å². The molecule has 5 heteroatoms. The molecular weight excluding hydrogens is 242 g/mol. The molecule has 0 atom stereocenters. The van der Waals surface area contributed by atoms with Crippen LogP contribution in [0.3, 0.4) is 0 Å². The molecule has 0 saturated carbocycles. The predicted octanol–water partition coefficient (Wildman–Crippen LogP) is 0.547. The molecule has 0 radical (unpaired) electrons. The summed E-state index contributed by atoms with van der Waals surface area (Å²) in [4.78, 5) is 15.8. The van der Waals surface area contributed by atoms with Crippen molar-refractivity contribution in [2.75, 3.05) is 19.7 Å². The lowest BCUT2D eigenvalue weighted by atomic mass is 10.2. The first kappa shape index (κ1) is 15.2. The molecule has 0 unspecified atom stereocenters. The second kappa shape index (κ2) is 8.25. The number of carbonyl (C=O) groups is 1. The zero-order chi connectivity index (χ0) is 14.1. The van der Waals surface area contributed by atoms with Gasteiger partial charge in [-0.15, -0.1) is 0 Å². The van der Waals surface area contributed by atoms with E-state index in [1.807, 2.05) is 13.8 Å². The first-order valence-electron chi connectivity index (χ1n) is 6.18. The standard InChI is InChI=1S/C14H19N3O2/c1-11(2)19-9-8-16-14(18)13-6-5-12(10-17-13)4-3-7-15/h5-6,10-11H,7-9,15H2,1-2H3,(H,16,18). The van der Waals surface area contributed by atoms with Gasteiger partial charge in [-0.3, -0.25) is 4.79 Å². The van der Waals surface area contributed by atoms with Gasteiger partial charge < -0.3 is 15.8 Å². The number of nitrogens with one attached hydrogen (secondary N) is 1. The minimum Gasteiger partial charge on any atom is -0.377 e. The van der Waals surface area contributed by atoms with Crippen LogP contribution in [-0.4, -0.2) is 36.7 Å². The number of amides is 1. The van der Waals surface area contributed by atoms with E-state index in [4.69, 9.17) is 10.5 Å². The molecule has 0 bridgehead atoms. The van der Waals surface area contributed by atoms with Crippen LogP contribution in [0.2, 0.25) is 0 Å². The molecule has 0 aromatic carbocycles. The summed E-state index contributed by atoms with van der Waals surface area (Å²) in [6, 6.07) is 3.38. The Hall–Kier alpha value is -1.90. The maximum atomic E-state index is 11.7. The minimum absolute atomic E-state index is 0.162. The van der Waals surface area contributed by atoms with Crippen molar-refractivity contribution in [3.8, 4) is 11.8 Å². The van der Waals surface area contributed by atoms with Crippen LogP contribution >= 0.6 is 0 Å². The number of rotatable bonds is 5. The second-order valence-corrected chi connectivity index (χ2v) is 4.11. The lowest BCUT2D eigenvalue weighted by Gasteiger charge is -2.08. The average Bonchev–Trinajstić information content (AvgIpc) is 2.41. The van der Waals surface area contributed by atoms with Crippen molar-refractivity contribution in [1.29, 1.82) is 0 Å². The van der Waals surface area contributed by atoms with Gasteiger partial charge >= 0.3 is 0 Å². The smallest absolute Gasteiger partial charge is 0.269 e. The highest BCUT2D eigenvalue weighted by Crippen LogP contribution is 1.98. The molecular formula is C14H19N3O2. The number of pyridine rings is 1. The van der Waals surface area contributed by atoms with Gasteiger partial charge in [0.05, 0.1) is 19.3 Å². The quantitative estimate of drug-likeness (QED) is 0.599. The molecule has 0 saturated heterocycles. The Morgan fingerprint density at radius 1 is 1.53 bits per heavy atom. The summed E-state index contributed by atoms with van der Waals surface area (Å²) < 4.78 is 5.33. The van der Waals surface area contributed by atoms with Crippen molar-refractivity contribution in [3.05, 3.63) is 29.6 Å². The summed E-state index contributed by atoms with van der Waals surface area (Å²) in [5, 5.41) is 2.73. The van der Waals surface area contributed by atoms with Gasteiger partial charge in [0.15, 0.2) is 0 Å². The summed E-state index contributed by atoms with van der Waals surface area (Å²) in [6.07, 6.45) is 1.72. The summed E-state index contributed by atoms with van der Waals surface area (Å²) in [7, 11) is 0. The van der Waals surface area contributed by atoms with Crippen molar-refractivity contribution in [2.24, 2.45) is 5.73 Å². The van der Waals surface area contributed by atoms with Crippen LogP contribution in [0.25, 0.3) is 0 Å². The molecule has 0 aliphatic rings. The molecule has 1 rings (SSSR count). The van der Waals surface area contributed by atoms with Crippen LogP contribution in [0, 0.1) is 11.8 Å². The fraction of sp³-hybridized carbons (Fsp3) is 0.429. The third kappa shape index (κ3) is 6.00. The molecule has 0 aliphatic heterocycles. The molecule has 1 heterocycles. The van der Waals surface area contributed by atoms with Gasteiger partial charge in [0.2, 0.25) is 0 Å². The second-order valence-electron chi connectivity index (χ2n) is 4.11. The van der Waals surface area contributed by atoms with E-state index in [0.717, 1.165) is 5.56 Å². The number of carbonyl (C=O) groups excluding carboxylic acids is 1. The molecule has 0 fully saturated rings. The van der Waals surface area contributed by atoms with Crippen LogP contribution < -0.4 is 11.1 Å². The van der Waals surface area contributed by atoms with E-state index in [2.05, 4.69) is 22.1 Å². The normalized spacial score (nSPS) is 9.89. The SMILES string of the molecule is CC(C)OCCNC(=O)c1ccc(C#CCN)cn1. The third-order valence-corrected chi connectivity index (χ3v) is 2.17. The molecule has 1 amide bonds. The maximum absolute atomic E-state index is 11.7. The van der Waals surface area contributed by atoms with E-state index in [1.54, 1.807) is 18.3 Å². The number of hydrogen-bond donors (Lipinski definition) is 2. The first-order valence-corrected chi connectivity index (χ1v) is 6.18. The Labute approximate surface area is 113 Å². The Morgan fingerprint density at radius 2 is 2.32 bits per heavy atom. The number of nitrogens with zero attached hydrogens (tertiary/aromatic N) is 1. The topological polar surface area (TPSA) is 77.2 Å². The Bertz CT molecular complexity index is 458. The lowest BCUT2D eigenvalue weighted by Crippen LogP contribution is -2.28. The molecule has 102 valence electrons. The summed E-state index contributed by atoms with van der Waals surface area (Å²) in [5.74, 6) is 5.36. The van der Waals surface area contributed by atoms with Gasteiger partial charge in [-0.2, -0.15) is 0 Å². The lowest BCUT2D eigenvalue weighted by molar-refractivity contribution is 0.0745. The predicted molar refractivity (Wildman–Crippen MR) is 73.6 cm³/mol. The van der Waals surface area contributed by atoms with E-state index >= 15 is 0 Å². The van der Waals surface area contributed by atoms with Crippen molar-refractivity contribution in [2.45, 2.75) is 20.0 Å². The van der Waals surface area contributed by atoms with Gasteiger partial charge in [-0.25, -0.2) is 4.98 Å². The van der Waals surface area contributed by atoms with Crippen molar-refractivity contribution >= 4 is 5.91 Å². The van der Waals surface area contributed by atoms with E-state index in [1.165, 1.54) is 0 Å². The zero-order valence-electron chi connectivity index (χ0n) is 11.3. The Balaban J connectivity index is 2.44. The van der Waals surface area contributed by atoms with Crippen molar-refractivity contribution in [3.63, 3.8) is 0 Å². The minimum atomic E-state index is -0.217. The van der Waals surface area contributed by atoms with Crippen molar-refractivity contribution in [1.82, 2.24) is 10.3 Å². The first-order chi connectivity index (χ1) is 9.13. The van der Waals surface area contributed by atoms with Crippen molar-refractivity contribution < 1.29 is 9.53 Å². The highest BCUT2D eigenvalue weighted by atomic mass is 16.5. The van der Waals surface area contributed by atoms with Gasteiger partial charge in [0.1, 0.15) is 5.69 Å². The molecule has 0 aliphatic carbocycles.